The van der Waals surface area contributed by atoms with Gasteiger partial charge in [-0.05, 0) is 0 Å². The van der Waals surface area contributed by atoms with Gasteiger partial charge in [0.25, 0.3) is 0 Å². The molecule has 0 atom stereocenters. The third-order valence-electron chi connectivity index (χ3n) is 2.25. The Labute approximate surface area is 97.8 Å². The molecule has 4 heteroatoms. The first kappa shape index (κ1) is 10.5. The van der Waals surface area contributed by atoms with E-state index >= 15 is 0 Å². The third kappa shape index (κ3) is 2.16. The molecule has 0 spiro atoms. The van der Waals surface area contributed by atoms with Crippen LogP contribution in [0.15, 0.2) is 30.3 Å². The van der Waals surface area contributed by atoms with E-state index < -0.39 is 0 Å². The second-order valence-corrected chi connectivity index (χ2v) is 3.82. The van der Waals surface area contributed by atoms with Crippen molar-refractivity contribution in [2.24, 2.45) is 0 Å². The van der Waals surface area contributed by atoms with Crippen LogP contribution in [0.25, 0.3) is 10.9 Å². The standard InChI is InChI=1S/C11H10FNO.Ga.H/c12-7-6-9-5-4-8-2-1-3-10(14)11(8)13-9;;/h1-5,14H,6-7H2;;/q;+1;/p-1. The summed E-state index contributed by atoms with van der Waals surface area (Å²) in [7, 11) is 0. The van der Waals surface area contributed by atoms with Crippen LogP contribution >= 0.6 is 0 Å². The molecule has 0 fully saturated rings. The second kappa shape index (κ2) is 4.68. The molecule has 1 aromatic carbocycles. The zero-order chi connectivity index (χ0) is 10.7. The summed E-state index contributed by atoms with van der Waals surface area (Å²) < 4.78 is 17.5. The zero-order valence-corrected chi connectivity index (χ0v) is 11.2. The van der Waals surface area contributed by atoms with E-state index in [1.807, 2.05) is 30.3 Å². The van der Waals surface area contributed by atoms with Gasteiger partial charge in [0.1, 0.15) is 0 Å². The molecule has 0 saturated heterocycles. The average molecular weight is 261 g/mol. The third-order valence-corrected chi connectivity index (χ3v) is 2.90. The number of alkyl halides is 1. The number of pyridine rings is 1. The van der Waals surface area contributed by atoms with Crippen molar-refractivity contribution >= 4 is 29.9 Å². The second-order valence-electron chi connectivity index (χ2n) is 3.21. The SMILES string of the molecule is FCCc1ccc2cccc([O][GaH])c2n1. The van der Waals surface area contributed by atoms with Gasteiger partial charge in [0.05, 0.1) is 0 Å². The van der Waals surface area contributed by atoms with E-state index in [4.69, 9.17) is 3.53 Å². The van der Waals surface area contributed by atoms with Crippen LogP contribution in [-0.4, -0.2) is 30.6 Å². The van der Waals surface area contributed by atoms with Gasteiger partial charge in [-0.2, -0.15) is 0 Å². The summed E-state index contributed by atoms with van der Waals surface area (Å²) in [5.41, 5.74) is 1.60. The fourth-order valence-electron chi connectivity index (χ4n) is 1.51. The number of nitrogens with zero attached hydrogens (tertiary/aromatic N) is 1. The van der Waals surface area contributed by atoms with Crippen LogP contribution < -0.4 is 3.53 Å². The van der Waals surface area contributed by atoms with Gasteiger partial charge in [-0.15, -0.1) is 0 Å². The van der Waals surface area contributed by atoms with Crippen molar-refractivity contribution in [2.75, 3.05) is 6.67 Å². The predicted molar refractivity (Wildman–Crippen MR) is 59.2 cm³/mol. The number of halogens is 1. The molecule has 1 aromatic heterocycles. The van der Waals surface area contributed by atoms with Crippen molar-refractivity contribution in [2.45, 2.75) is 6.42 Å². The molecule has 0 bridgehead atoms. The summed E-state index contributed by atoms with van der Waals surface area (Å²) in [6.45, 7) is -0.373. The molecule has 0 amide bonds. The van der Waals surface area contributed by atoms with Crippen molar-refractivity contribution in [3.8, 4) is 5.75 Å². The number of aryl methyl sites for hydroxylation is 1. The first-order chi connectivity index (χ1) is 7.35. The van der Waals surface area contributed by atoms with Crippen LogP contribution in [-0.2, 0) is 6.42 Å². The molecular formula is C11H10FGaNO. The molecule has 75 valence electrons. The zero-order valence-electron chi connectivity index (χ0n) is 8.24. The van der Waals surface area contributed by atoms with Gasteiger partial charge in [-0.1, -0.05) is 0 Å². The van der Waals surface area contributed by atoms with Crippen LogP contribution in [0.1, 0.15) is 5.69 Å². The van der Waals surface area contributed by atoms with Crippen LogP contribution in [0.3, 0.4) is 0 Å². The molecule has 0 aliphatic heterocycles. The van der Waals surface area contributed by atoms with Crippen molar-refractivity contribution in [1.82, 2.24) is 4.98 Å². The molecule has 2 aromatic rings. The number of aromatic nitrogens is 1. The fourth-order valence-corrected chi connectivity index (χ4v) is 2.00. The predicted octanol–water partition coefficient (Wildman–Crippen LogP) is 1.94. The van der Waals surface area contributed by atoms with Crippen LogP contribution in [0.2, 0.25) is 0 Å². The van der Waals surface area contributed by atoms with Gasteiger partial charge >= 0.3 is 97.6 Å². The minimum absolute atomic E-state index is 0.365. The summed E-state index contributed by atoms with van der Waals surface area (Å²) in [5.74, 6) is 0.785. The molecule has 0 N–H and O–H groups in total. The fraction of sp³-hybridized carbons (Fsp3) is 0.182. The maximum absolute atomic E-state index is 12.2. The Hall–Kier alpha value is -1.00. The molecule has 0 saturated carbocycles. The number of hydrogen-bond donors (Lipinski definition) is 0. The van der Waals surface area contributed by atoms with E-state index in [9.17, 15) is 4.39 Å². The van der Waals surface area contributed by atoms with Crippen molar-refractivity contribution < 1.29 is 7.92 Å². The quantitative estimate of drug-likeness (QED) is 0.787. The number of fused-ring (bicyclic) bond motifs is 1. The Morgan fingerprint density at radius 3 is 2.87 bits per heavy atom. The molecule has 0 unspecified atom stereocenters. The monoisotopic (exact) mass is 260 g/mol. The summed E-state index contributed by atoms with van der Waals surface area (Å²) in [6, 6.07) is 9.61. The molecule has 15 heavy (non-hydrogen) atoms. The molecule has 0 aliphatic rings. The maximum atomic E-state index is 12.2. The Kier molecular flexibility index (Phi) is 3.28. The van der Waals surface area contributed by atoms with E-state index in [0.717, 1.165) is 41.3 Å². The number of hydrogen-bond acceptors (Lipinski definition) is 2. The van der Waals surface area contributed by atoms with Crippen LogP contribution in [0.4, 0.5) is 4.39 Å². The van der Waals surface area contributed by atoms with Gasteiger partial charge in [0, 0.05) is 0 Å². The Balaban J connectivity index is 2.57. The van der Waals surface area contributed by atoms with Crippen molar-refractivity contribution in [3.63, 3.8) is 0 Å². The van der Waals surface area contributed by atoms with Gasteiger partial charge in [-0.3, -0.25) is 0 Å². The topological polar surface area (TPSA) is 22.1 Å². The van der Waals surface area contributed by atoms with Crippen LogP contribution in [0.5, 0.6) is 5.75 Å². The normalized spacial score (nSPS) is 10.5. The minimum atomic E-state index is -0.373. The van der Waals surface area contributed by atoms with E-state index in [-0.39, 0.29) is 6.67 Å². The van der Waals surface area contributed by atoms with Gasteiger partial charge < -0.3 is 0 Å². The van der Waals surface area contributed by atoms with E-state index in [1.165, 1.54) is 0 Å². The molecule has 1 heterocycles. The Morgan fingerprint density at radius 1 is 1.27 bits per heavy atom. The first-order valence-electron chi connectivity index (χ1n) is 4.72. The molecule has 0 aliphatic carbocycles. The van der Waals surface area contributed by atoms with Gasteiger partial charge in [0.2, 0.25) is 0 Å². The number of rotatable bonds is 3. The summed E-state index contributed by atoms with van der Waals surface area (Å²) in [4.78, 5) is 4.39. The molecule has 1 radical (unpaired) electrons. The van der Waals surface area contributed by atoms with Gasteiger partial charge in [0.15, 0.2) is 0 Å². The summed E-state index contributed by atoms with van der Waals surface area (Å²) in [5, 5.41) is 1.03. The molecular weight excluding hydrogens is 251 g/mol. The first-order valence-corrected chi connectivity index (χ1v) is 5.93. The average Bonchev–Trinajstić information content (AvgIpc) is 2.28. The Bertz CT molecular complexity index is 475. The van der Waals surface area contributed by atoms with E-state index in [1.54, 1.807) is 0 Å². The Morgan fingerprint density at radius 2 is 2.13 bits per heavy atom. The van der Waals surface area contributed by atoms with Crippen molar-refractivity contribution in [3.05, 3.63) is 36.0 Å². The number of benzene rings is 1. The summed E-state index contributed by atoms with van der Waals surface area (Å²) >= 11 is 0.730. The van der Waals surface area contributed by atoms with Gasteiger partial charge in [-0.25, -0.2) is 0 Å². The van der Waals surface area contributed by atoms with E-state index in [2.05, 4.69) is 4.98 Å². The molecule has 2 nitrogen and oxygen atoms in total. The van der Waals surface area contributed by atoms with E-state index in [0.29, 0.717) is 6.42 Å². The van der Waals surface area contributed by atoms with Crippen LogP contribution in [0, 0.1) is 0 Å². The summed E-state index contributed by atoms with van der Waals surface area (Å²) in [6.07, 6.45) is 0.365. The van der Waals surface area contributed by atoms with Crippen molar-refractivity contribution in [1.29, 1.82) is 0 Å². The number of para-hydroxylation sites is 1. The molecule has 2 rings (SSSR count).